The molecule has 2 heterocycles. The van der Waals surface area contributed by atoms with Crippen LogP contribution in [-0.4, -0.2) is 32.6 Å². The highest BCUT2D eigenvalue weighted by Crippen LogP contribution is 2.19. The fraction of sp³-hybridized carbons (Fsp3) is 0.846. The van der Waals surface area contributed by atoms with Gasteiger partial charge in [0, 0.05) is 19.1 Å². The molecule has 1 saturated heterocycles. The SMILES string of the molecule is CC(C)n1c(CO)nnc1CCC1CCCCO1. The Hall–Kier alpha value is -0.940. The molecule has 0 aromatic carbocycles. The maximum Gasteiger partial charge on any atom is 0.159 e. The van der Waals surface area contributed by atoms with E-state index in [4.69, 9.17) is 4.74 Å². The van der Waals surface area contributed by atoms with E-state index in [1.54, 1.807) is 0 Å². The van der Waals surface area contributed by atoms with Crippen molar-refractivity contribution < 1.29 is 9.84 Å². The largest absolute Gasteiger partial charge is 0.388 e. The first-order valence-electron chi connectivity index (χ1n) is 6.87. The molecular weight excluding hydrogens is 230 g/mol. The van der Waals surface area contributed by atoms with Crippen LogP contribution in [0.2, 0.25) is 0 Å². The van der Waals surface area contributed by atoms with Gasteiger partial charge >= 0.3 is 0 Å². The Morgan fingerprint density at radius 2 is 2.11 bits per heavy atom. The van der Waals surface area contributed by atoms with Crippen LogP contribution in [-0.2, 0) is 17.8 Å². The van der Waals surface area contributed by atoms with Gasteiger partial charge in [0.2, 0.25) is 0 Å². The molecule has 1 aliphatic rings. The van der Waals surface area contributed by atoms with Crippen LogP contribution in [0.4, 0.5) is 0 Å². The van der Waals surface area contributed by atoms with Crippen molar-refractivity contribution in [2.75, 3.05) is 6.61 Å². The minimum Gasteiger partial charge on any atom is -0.388 e. The lowest BCUT2D eigenvalue weighted by atomic mass is 10.0. The van der Waals surface area contributed by atoms with Crippen molar-refractivity contribution >= 4 is 0 Å². The number of aliphatic hydroxyl groups excluding tert-OH is 1. The second-order valence-corrected chi connectivity index (χ2v) is 5.18. The molecular formula is C13H23N3O2. The van der Waals surface area contributed by atoms with E-state index in [9.17, 15) is 5.11 Å². The Balaban J connectivity index is 1.97. The molecule has 0 bridgehead atoms. The predicted octanol–water partition coefficient (Wildman–Crippen LogP) is 1.85. The average molecular weight is 253 g/mol. The molecule has 5 nitrogen and oxygen atoms in total. The van der Waals surface area contributed by atoms with E-state index in [0.29, 0.717) is 11.9 Å². The molecule has 1 aliphatic heterocycles. The Kier molecular flexibility index (Phi) is 4.72. The van der Waals surface area contributed by atoms with Gasteiger partial charge < -0.3 is 14.4 Å². The van der Waals surface area contributed by atoms with E-state index in [-0.39, 0.29) is 12.6 Å². The molecule has 0 saturated carbocycles. The van der Waals surface area contributed by atoms with Gasteiger partial charge in [0.05, 0.1) is 6.10 Å². The van der Waals surface area contributed by atoms with Gasteiger partial charge in [-0.2, -0.15) is 0 Å². The van der Waals surface area contributed by atoms with E-state index in [1.165, 1.54) is 12.8 Å². The first-order valence-corrected chi connectivity index (χ1v) is 6.87. The second kappa shape index (κ2) is 6.29. The van der Waals surface area contributed by atoms with E-state index in [1.807, 2.05) is 4.57 Å². The molecule has 2 rings (SSSR count). The molecule has 0 spiro atoms. The standard InChI is InChI=1S/C13H23N3O2/c1-10(2)16-12(14-15-13(16)9-17)7-6-11-5-3-4-8-18-11/h10-11,17H,3-9H2,1-2H3. The maximum atomic E-state index is 9.25. The summed E-state index contributed by atoms with van der Waals surface area (Å²) in [5, 5.41) is 17.5. The Bertz CT molecular complexity index is 370. The van der Waals surface area contributed by atoms with Crippen molar-refractivity contribution in [3.05, 3.63) is 11.6 Å². The molecule has 1 aromatic rings. The monoisotopic (exact) mass is 253 g/mol. The minimum absolute atomic E-state index is 0.0505. The third-order valence-corrected chi connectivity index (χ3v) is 3.46. The summed E-state index contributed by atoms with van der Waals surface area (Å²) in [7, 11) is 0. The highest BCUT2D eigenvalue weighted by molar-refractivity contribution is 4.97. The van der Waals surface area contributed by atoms with E-state index in [0.717, 1.165) is 31.7 Å². The summed E-state index contributed by atoms with van der Waals surface area (Å²) >= 11 is 0. The molecule has 5 heteroatoms. The topological polar surface area (TPSA) is 60.2 Å². The Morgan fingerprint density at radius 3 is 2.72 bits per heavy atom. The fourth-order valence-corrected chi connectivity index (χ4v) is 2.56. The summed E-state index contributed by atoms with van der Waals surface area (Å²) in [4.78, 5) is 0. The summed E-state index contributed by atoms with van der Waals surface area (Å²) < 4.78 is 7.76. The highest BCUT2D eigenvalue weighted by Gasteiger charge is 2.18. The lowest BCUT2D eigenvalue weighted by Crippen LogP contribution is -2.20. The zero-order valence-corrected chi connectivity index (χ0v) is 11.3. The van der Waals surface area contributed by atoms with Crippen LogP contribution in [0.1, 0.15) is 57.2 Å². The van der Waals surface area contributed by atoms with Crippen LogP contribution in [0.3, 0.4) is 0 Å². The highest BCUT2D eigenvalue weighted by atomic mass is 16.5. The van der Waals surface area contributed by atoms with Gasteiger partial charge in [0.15, 0.2) is 5.82 Å². The number of ether oxygens (including phenoxy) is 1. The number of aromatic nitrogens is 3. The normalized spacial score (nSPS) is 20.6. The van der Waals surface area contributed by atoms with Crippen molar-refractivity contribution in [1.82, 2.24) is 14.8 Å². The zero-order valence-electron chi connectivity index (χ0n) is 11.3. The molecule has 18 heavy (non-hydrogen) atoms. The summed E-state index contributed by atoms with van der Waals surface area (Å²) in [6, 6.07) is 0.282. The molecule has 0 aliphatic carbocycles. The Labute approximate surface area is 108 Å². The fourth-order valence-electron chi connectivity index (χ4n) is 2.56. The molecule has 1 unspecified atom stereocenters. The van der Waals surface area contributed by atoms with Crippen molar-refractivity contribution in [3.63, 3.8) is 0 Å². The molecule has 0 amide bonds. The van der Waals surface area contributed by atoms with Crippen LogP contribution < -0.4 is 0 Å². The maximum absolute atomic E-state index is 9.25. The lowest BCUT2D eigenvalue weighted by Gasteiger charge is -2.22. The number of hydrogen-bond acceptors (Lipinski definition) is 4. The van der Waals surface area contributed by atoms with Crippen molar-refractivity contribution in [2.45, 2.75) is 64.7 Å². The molecule has 1 aromatic heterocycles. The van der Waals surface area contributed by atoms with Gasteiger partial charge in [-0.25, -0.2) is 0 Å². The summed E-state index contributed by atoms with van der Waals surface area (Å²) in [6.07, 6.45) is 5.85. The van der Waals surface area contributed by atoms with Crippen LogP contribution in [0, 0.1) is 0 Å². The van der Waals surface area contributed by atoms with Gasteiger partial charge in [-0.15, -0.1) is 10.2 Å². The van der Waals surface area contributed by atoms with Gasteiger partial charge in [0.25, 0.3) is 0 Å². The quantitative estimate of drug-likeness (QED) is 0.870. The second-order valence-electron chi connectivity index (χ2n) is 5.18. The van der Waals surface area contributed by atoms with Crippen molar-refractivity contribution in [3.8, 4) is 0 Å². The Morgan fingerprint density at radius 1 is 1.33 bits per heavy atom. The first kappa shape index (κ1) is 13.5. The van der Waals surface area contributed by atoms with Crippen LogP contribution >= 0.6 is 0 Å². The number of nitrogens with zero attached hydrogens (tertiary/aromatic N) is 3. The number of aryl methyl sites for hydroxylation is 1. The summed E-state index contributed by atoms with van der Waals surface area (Å²) in [6.45, 7) is 5.01. The third-order valence-electron chi connectivity index (χ3n) is 3.46. The minimum atomic E-state index is -0.0505. The first-order chi connectivity index (χ1) is 8.72. The van der Waals surface area contributed by atoms with Crippen molar-refractivity contribution in [1.29, 1.82) is 0 Å². The van der Waals surface area contributed by atoms with Crippen LogP contribution in [0.5, 0.6) is 0 Å². The smallest absolute Gasteiger partial charge is 0.159 e. The number of hydrogen-bond donors (Lipinski definition) is 1. The van der Waals surface area contributed by atoms with E-state index < -0.39 is 0 Å². The zero-order chi connectivity index (χ0) is 13.0. The summed E-state index contributed by atoms with van der Waals surface area (Å²) in [5.74, 6) is 1.62. The van der Waals surface area contributed by atoms with Gasteiger partial charge in [0.1, 0.15) is 12.4 Å². The van der Waals surface area contributed by atoms with E-state index in [2.05, 4.69) is 24.0 Å². The molecule has 0 radical (unpaired) electrons. The summed E-state index contributed by atoms with van der Waals surface area (Å²) in [5.41, 5.74) is 0. The van der Waals surface area contributed by atoms with Crippen LogP contribution in [0.25, 0.3) is 0 Å². The number of aliphatic hydroxyl groups is 1. The third kappa shape index (κ3) is 3.09. The lowest BCUT2D eigenvalue weighted by molar-refractivity contribution is 0.0110. The van der Waals surface area contributed by atoms with Crippen LogP contribution in [0.15, 0.2) is 0 Å². The van der Waals surface area contributed by atoms with E-state index >= 15 is 0 Å². The molecule has 1 atom stereocenters. The van der Waals surface area contributed by atoms with Gasteiger partial charge in [-0.1, -0.05) is 0 Å². The predicted molar refractivity (Wildman–Crippen MR) is 68.2 cm³/mol. The number of rotatable bonds is 5. The average Bonchev–Trinajstić information content (AvgIpc) is 2.80. The van der Waals surface area contributed by atoms with Gasteiger partial charge in [-0.3, -0.25) is 0 Å². The molecule has 1 N–H and O–H groups in total. The molecule has 102 valence electrons. The molecule has 1 fully saturated rings. The van der Waals surface area contributed by atoms with Gasteiger partial charge in [-0.05, 0) is 39.5 Å². The van der Waals surface area contributed by atoms with Crippen molar-refractivity contribution in [2.24, 2.45) is 0 Å².